The van der Waals surface area contributed by atoms with E-state index in [1.54, 1.807) is 11.0 Å². The van der Waals surface area contributed by atoms with Gasteiger partial charge in [-0.25, -0.2) is 13.4 Å². The van der Waals surface area contributed by atoms with Crippen molar-refractivity contribution in [3.8, 4) is 5.75 Å². The molecular weight excluding hydrogens is 366 g/mol. The normalized spacial score (nSPS) is 24.5. The first-order chi connectivity index (χ1) is 12.9. The first-order valence-corrected chi connectivity index (χ1v) is 10.7. The quantitative estimate of drug-likeness (QED) is 0.842. The number of sulfone groups is 1. The fraction of sp³-hybridized carbons (Fsp3) is 0.368. The monoisotopic (exact) mass is 387 g/mol. The van der Waals surface area contributed by atoms with Gasteiger partial charge in [-0.3, -0.25) is 9.69 Å². The van der Waals surface area contributed by atoms with Crippen molar-refractivity contribution in [2.45, 2.75) is 18.6 Å². The number of carbonyl (C=O) groups excluding carboxylic acids is 1. The average Bonchev–Trinajstić information content (AvgIpc) is 2.98. The molecule has 2 aromatic rings. The molecule has 1 aromatic heterocycles. The second kappa shape index (κ2) is 6.94. The maximum atomic E-state index is 12.9. The predicted octanol–water partition coefficient (Wildman–Crippen LogP) is 0.911. The summed E-state index contributed by atoms with van der Waals surface area (Å²) in [6.45, 7) is 1.62. The summed E-state index contributed by atoms with van der Waals surface area (Å²) in [5.41, 5.74) is 1.08. The van der Waals surface area contributed by atoms with Crippen LogP contribution in [0.15, 0.2) is 48.7 Å². The van der Waals surface area contributed by atoms with Gasteiger partial charge in [0.15, 0.2) is 15.5 Å². The lowest BCUT2D eigenvalue weighted by Crippen LogP contribution is -2.60. The highest BCUT2D eigenvalue weighted by atomic mass is 32.2. The third-order valence-corrected chi connectivity index (χ3v) is 6.97. The molecule has 0 bridgehead atoms. The van der Waals surface area contributed by atoms with Crippen molar-refractivity contribution in [3.63, 3.8) is 0 Å². The zero-order valence-electron chi connectivity index (χ0n) is 14.7. The second-order valence-corrected chi connectivity index (χ2v) is 9.19. The SMILES string of the molecule is O=C(c1ncccc1O)N1CCN(Cc2ccccc2)[C@@H]2CS(=O)(=O)C[C@@H]21. The van der Waals surface area contributed by atoms with E-state index in [1.165, 1.54) is 12.3 Å². The number of nitrogens with zero attached hydrogens (tertiary/aromatic N) is 3. The van der Waals surface area contributed by atoms with Gasteiger partial charge in [0.1, 0.15) is 5.75 Å². The maximum absolute atomic E-state index is 12.9. The fourth-order valence-electron chi connectivity index (χ4n) is 3.99. The summed E-state index contributed by atoms with van der Waals surface area (Å²) in [5, 5.41) is 9.96. The van der Waals surface area contributed by atoms with Gasteiger partial charge in [0.05, 0.1) is 17.5 Å². The summed E-state index contributed by atoms with van der Waals surface area (Å²) in [7, 11) is -3.23. The minimum atomic E-state index is -3.23. The number of carbonyl (C=O) groups is 1. The van der Waals surface area contributed by atoms with Crippen molar-refractivity contribution in [1.29, 1.82) is 0 Å². The van der Waals surface area contributed by atoms with Crippen molar-refractivity contribution >= 4 is 15.7 Å². The molecule has 2 fully saturated rings. The van der Waals surface area contributed by atoms with Gasteiger partial charge in [-0.05, 0) is 17.7 Å². The topological polar surface area (TPSA) is 90.8 Å². The highest BCUT2D eigenvalue weighted by Gasteiger charge is 2.48. The predicted molar refractivity (Wildman–Crippen MR) is 100 cm³/mol. The van der Waals surface area contributed by atoms with E-state index in [0.717, 1.165) is 5.56 Å². The molecule has 0 radical (unpaired) electrons. The number of aromatic nitrogens is 1. The second-order valence-electron chi connectivity index (χ2n) is 7.04. The van der Waals surface area contributed by atoms with Crippen molar-refractivity contribution in [2.24, 2.45) is 0 Å². The zero-order valence-corrected chi connectivity index (χ0v) is 15.5. The molecule has 27 heavy (non-hydrogen) atoms. The van der Waals surface area contributed by atoms with Crippen LogP contribution in [0.5, 0.6) is 5.75 Å². The Balaban J connectivity index is 1.60. The van der Waals surface area contributed by atoms with E-state index in [0.29, 0.717) is 19.6 Å². The average molecular weight is 387 g/mol. The Kier molecular flexibility index (Phi) is 4.61. The molecule has 2 aliphatic heterocycles. The van der Waals surface area contributed by atoms with Crippen LogP contribution >= 0.6 is 0 Å². The number of fused-ring (bicyclic) bond motifs is 1. The molecule has 1 amide bonds. The van der Waals surface area contributed by atoms with Crippen molar-refractivity contribution < 1.29 is 18.3 Å². The van der Waals surface area contributed by atoms with E-state index in [4.69, 9.17) is 0 Å². The molecule has 2 saturated heterocycles. The highest BCUT2D eigenvalue weighted by molar-refractivity contribution is 7.91. The third kappa shape index (κ3) is 3.54. The molecule has 8 heteroatoms. The highest BCUT2D eigenvalue weighted by Crippen LogP contribution is 2.30. The third-order valence-electron chi connectivity index (χ3n) is 5.27. The number of hydrogen-bond donors (Lipinski definition) is 1. The largest absolute Gasteiger partial charge is 0.505 e. The Labute approximate surface area is 158 Å². The summed E-state index contributed by atoms with van der Waals surface area (Å²) < 4.78 is 24.7. The van der Waals surface area contributed by atoms with E-state index in [-0.39, 0.29) is 29.0 Å². The molecule has 0 spiro atoms. The number of benzene rings is 1. The number of rotatable bonds is 3. The van der Waals surface area contributed by atoms with Crippen LogP contribution < -0.4 is 0 Å². The van der Waals surface area contributed by atoms with Crippen LogP contribution in [0.2, 0.25) is 0 Å². The van der Waals surface area contributed by atoms with Crippen LogP contribution in [0, 0.1) is 0 Å². The fourth-order valence-corrected chi connectivity index (χ4v) is 6.00. The maximum Gasteiger partial charge on any atom is 0.276 e. The van der Waals surface area contributed by atoms with E-state index in [1.807, 2.05) is 30.3 Å². The zero-order chi connectivity index (χ0) is 19.0. The number of amides is 1. The molecule has 1 N–H and O–H groups in total. The molecule has 7 nitrogen and oxygen atoms in total. The standard InChI is InChI=1S/C19H21N3O4S/c23-17-7-4-8-20-18(17)19(24)22-10-9-21(11-14-5-2-1-3-6-14)15-12-27(25,26)13-16(15)22/h1-8,15-16,23H,9-13H2/t15-,16+/m1/s1. The van der Waals surface area contributed by atoms with Gasteiger partial charge in [0.25, 0.3) is 5.91 Å². The summed E-state index contributed by atoms with van der Waals surface area (Å²) in [6, 6.07) is 12.2. The van der Waals surface area contributed by atoms with Gasteiger partial charge in [0, 0.05) is 31.9 Å². The molecule has 3 heterocycles. The minimum Gasteiger partial charge on any atom is -0.505 e. The molecule has 2 aliphatic rings. The first kappa shape index (κ1) is 17.9. The van der Waals surface area contributed by atoms with Gasteiger partial charge in [-0.1, -0.05) is 30.3 Å². The number of aromatic hydroxyl groups is 1. The molecule has 4 rings (SSSR count). The summed E-state index contributed by atoms with van der Waals surface area (Å²) in [4.78, 5) is 20.6. The van der Waals surface area contributed by atoms with Crippen molar-refractivity contribution in [1.82, 2.24) is 14.8 Å². The molecule has 1 aromatic carbocycles. The van der Waals surface area contributed by atoms with Gasteiger partial charge in [-0.2, -0.15) is 0 Å². The van der Waals surface area contributed by atoms with Crippen LogP contribution in [0.1, 0.15) is 16.1 Å². The Bertz CT molecular complexity index is 948. The Morgan fingerprint density at radius 2 is 1.81 bits per heavy atom. The molecule has 142 valence electrons. The molecule has 2 atom stereocenters. The lowest BCUT2D eigenvalue weighted by Gasteiger charge is -2.43. The summed E-state index contributed by atoms with van der Waals surface area (Å²) in [6.07, 6.45) is 1.45. The first-order valence-electron chi connectivity index (χ1n) is 8.88. The summed E-state index contributed by atoms with van der Waals surface area (Å²) in [5.74, 6) is -0.615. The lowest BCUT2D eigenvalue weighted by atomic mass is 10.0. The molecule has 0 aliphatic carbocycles. The van der Waals surface area contributed by atoms with Gasteiger partial charge < -0.3 is 10.0 Å². The van der Waals surface area contributed by atoms with E-state index < -0.39 is 21.8 Å². The van der Waals surface area contributed by atoms with Gasteiger partial charge in [0.2, 0.25) is 0 Å². The van der Waals surface area contributed by atoms with Crippen LogP contribution in [0.25, 0.3) is 0 Å². The van der Waals surface area contributed by atoms with Crippen LogP contribution in [-0.4, -0.2) is 70.9 Å². The van der Waals surface area contributed by atoms with E-state index in [9.17, 15) is 18.3 Å². The Hall–Kier alpha value is -2.45. The van der Waals surface area contributed by atoms with Crippen LogP contribution in [-0.2, 0) is 16.4 Å². The van der Waals surface area contributed by atoms with E-state index in [2.05, 4.69) is 9.88 Å². The number of pyridine rings is 1. The van der Waals surface area contributed by atoms with Crippen molar-refractivity contribution in [3.05, 3.63) is 59.9 Å². The van der Waals surface area contributed by atoms with Crippen LogP contribution in [0.3, 0.4) is 0 Å². The van der Waals surface area contributed by atoms with Gasteiger partial charge in [-0.15, -0.1) is 0 Å². The van der Waals surface area contributed by atoms with E-state index >= 15 is 0 Å². The summed E-state index contributed by atoms with van der Waals surface area (Å²) >= 11 is 0. The van der Waals surface area contributed by atoms with Crippen molar-refractivity contribution in [2.75, 3.05) is 24.6 Å². The Morgan fingerprint density at radius 1 is 1.07 bits per heavy atom. The lowest BCUT2D eigenvalue weighted by molar-refractivity contribution is 0.0299. The van der Waals surface area contributed by atoms with Gasteiger partial charge >= 0.3 is 0 Å². The number of hydrogen-bond acceptors (Lipinski definition) is 6. The minimum absolute atomic E-state index is 0.0305. The Morgan fingerprint density at radius 3 is 2.56 bits per heavy atom. The molecular formula is C19H21N3O4S. The molecule has 0 unspecified atom stereocenters. The molecule has 0 saturated carbocycles. The number of piperazine rings is 1. The smallest absolute Gasteiger partial charge is 0.276 e. The van der Waals surface area contributed by atoms with Crippen LogP contribution in [0.4, 0.5) is 0 Å².